The fourth-order valence-electron chi connectivity index (χ4n) is 2.62. The highest BCUT2D eigenvalue weighted by Crippen LogP contribution is 2.12. The topological polar surface area (TPSA) is 260 Å². The standard InChI is InChI=1S/C19H29N7O8S/c20-4-3-15(28)25-12(5-10-6-22-9-24-10)19(34)35-8-13(17(31)23-7-16(29)30)26-14(27)2-1-11(21)18(32)33/h6,9,11-13H,1-5,7-8,20-21H2,(H,22,24)(H,23,31)(H,25,28)(H,26,27)(H,29,30)(H,32,33)/t11?,12-,13?/m0/s1. The van der Waals surface area contributed by atoms with E-state index in [9.17, 15) is 28.8 Å². The highest BCUT2D eigenvalue weighted by molar-refractivity contribution is 8.13. The van der Waals surface area contributed by atoms with Crippen molar-refractivity contribution in [2.45, 2.75) is 43.8 Å². The number of thioether (sulfide) groups is 1. The first-order valence-electron chi connectivity index (χ1n) is 10.4. The molecular formula is C19H29N7O8S. The van der Waals surface area contributed by atoms with Crippen LogP contribution in [0.2, 0.25) is 0 Å². The summed E-state index contributed by atoms with van der Waals surface area (Å²) in [5, 5.41) is 24.1. The molecule has 16 heteroatoms. The normalized spacial score (nSPS) is 13.2. The van der Waals surface area contributed by atoms with Crippen LogP contribution < -0.4 is 27.4 Å². The summed E-state index contributed by atoms with van der Waals surface area (Å²) in [6.45, 7) is -0.640. The van der Waals surface area contributed by atoms with E-state index in [1.165, 1.54) is 12.5 Å². The number of aromatic amines is 1. The number of amides is 3. The predicted molar refractivity (Wildman–Crippen MR) is 123 cm³/mol. The molecule has 1 rings (SSSR count). The predicted octanol–water partition coefficient (Wildman–Crippen LogP) is -3.08. The minimum atomic E-state index is -1.32. The highest BCUT2D eigenvalue weighted by Gasteiger charge is 2.27. The average molecular weight is 516 g/mol. The molecule has 0 aliphatic rings. The Bertz CT molecular complexity index is 896. The molecule has 0 aliphatic carbocycles. The maximum atomic E-state index is 12.8. The van der Waals surface area contributed by atoms with Gasteiger partial charge < -0.3 is 42.6 Å². The number of carboxylic acid groups (broad SMARTS) is 2. The summed E-state index contributed by atoms with van der Waals surface area (Å²) in [6.07, 6.45) is 2.44. The number of rotatable bonds is 16. The molecule has 0 aromatic carbocycles. The van der Waals surface area contributed by atoms with Crippen molar-refractivity contribution in [3.63, 3.8) is 0 Å². The number of imidazole rings is 1. The van der Waals surface area contributed by atoms with Gasteiger partial charge in [0.2, 0.25) is 22.8 Å². The first kappa shape index (κ1) is 29.5. The molecule has 0 spiro atoms. The molecule has 10 N–H and O–H groups in total. The zero-order valence-corrected chi connectivity index (χ0v) is 19.5. The fraction of sp³-hybridized carbons (Fsp3) is 0.526. The van der Waals surface area contributed by atoms with Crippen molar-refractivity contribution in [2.24, 2.45) is 11.5 Å². The Morgan fingerprint density at radius 1 is 1.06 bits per heavy atom. The number of carbonyl (C=O) groups excluding carboxylic acids is 4. The van der Waals surface area contributed by atoms with E-state index in [1.807, 2.05) is 0 Å². The van der Waals surface area contributed by atoms with Crippen LogP contribution in [0.25, 0.3) is 0 Å². The smallest absolute Gasteiger partial charge is 0.322 e. The maximum Gasteiger partial charge on any atom is 0.322 e. The van der Waals surface area contributed by atoms with Crippen molar-refractivity contribution in [3.05, 3.63) is 18.2 Å². The van der Waals surface area contributed by atoms with Gasteiger partial charge in [0, 0.05) is 43.5 Å². The van der Waals surface area contributed by atoms with Crippen LogP contribution in [0.3, 0.4) is 0 Å². The van der Waals surface area contributed by atoms with Gasteiger partial charge in [-0.3, -0.25) is 28.8 Å². The van der Waals surface area contributed by atoms with Gasteiger partial charge in [0.1, 0.15) is 24.7 Å². The molecule has 2 unspecified atom stereocenters. The largest absolute Gasteiger partial charge is 0.480 e. The molecule has 0 fully saturated rings. The minimum absolute atomic E-state index is 0.00776. The fourth-order valence-corrected chi connectivity index (χ4v) is 3.53. The molecule has 0 aliphatic heterocycles. The quantitative estimate of drug-likeness (QED) is 0.109. The molecule has 1 aromatic rings. The van der Waals surface area contributed by atoms with Crippen LogP contribution >= 0.6 is 11.8 Å². The summed E-state index contributed by atoms with van der Waals surface area (Å²) in [5.74, 6) is -4.93. The Morgan fingerprint density at radius 3 is 2.29 bits per heavy atom. The van der Waals surface area contributed by atoms with E-state index in [0.717, 1.165) is 0 Å². The van der Waals surface area contributed by atoms with Crippen LogP contribution in [0.1, 0.15) is 25.0 Å². The van der Waals surface area contributed by atoms with Gasteiger partial charge in [-0.25, -0.2) is 4.98 Å². The SMILES string of the molecule is NCCC(=O)N[C@@H](Cc1cnc[nH]1)C(=O)SCC(NC(=O)CCC(N)C(=O)O)C(=O)NCC(=O)O. The molecule has 3 amide bonds. The number of carbonyl (C=O) groups is 6. The van der Waals surface area contributed by atoms with Gasteiger partial charge in [0.15, 0.2) is 0 Å². The number of nitrogens with zero attached hydrogens (tertiary/aromatic N) is 1. The second kappa shape index (κ2) is 15.4. The molecule has 0 saturated carbocycles. The Balaban J connectivity index is 2.85. The lowest BCUT2D eigenvalue weighted by Gasteiger charge is -2.20. The second-order valence-electron chi connectivity index (χ2n) is 7.28. The van der Waals surface area contributed by atoms with Crippen LogP contribution in [0.5, 0.6) is 0 Å². The van der Waals surface area contributed by atoms with E-state index >= 15 is 0 Å². The Labute approximate surface area is 204 Å². The molecule has 0 saturated heterocycles. The van der Waals surface area contributed by atoms with Gasteiger partial charge in [-0.05, 0) is 6.42 Å². The van der Waals surface area contributed by atoms with E-state index in [-0.39, 0.29) is 38.0 Å². The van der Waals surface area contributed by atoms with Crippen molar-refractivity contribution in [1.29, 1.82) is 0 Å². The lowest BCUT2D eigenvalue weighted by atomic mass is 10.1. The van der Waals surface area contributed by atoms with E-state index in [1.54, 1.807) is 0 Å². The van der Waals surface area contributed by atoms with Crippen LogP contribution in [0.15, 0.2) is 12.5 Å². The number of nitrogens with two attached hydrogens (primary N) is 2. The molecule has 1 aromatic heterocycles. The van der Waals surface area contributed by atoms with Gasteiger partial charge in [0.05, 0.1) is 6.33 Å². The Kier molecular flexibility index (Phi) is 13.0. The van der Waals surface area contributed by atoms with Crippen LogP contribution in [0, 0.1) is 0 Å². The monoisotopic (exact) mass is 515 g/mol. The number of nitrogens with one attached hydrogen (secondary N) is 4. The summed E-state index contributed by atoms with van der Waals surface area (Å²) in [7, 11) is 0. The third-order valence-electron chi connectivity index (χ3n) is 4.43. The van der Waals surface area contributed by atoms with Gasteiger partial charge in [-0.2, -0.15) is 0 Å². The number of H-pyrrole nitrogens is 1. The van der Waals surface area contributed by atoms with Gasteiger partial charge in [0.25, 0.3) is 0 Å². The van der Waals surface area contributed by atoms with Crippen LogP contribution in [-0.2, 0) is 35.2 Å². The first-order valence-corrected chi connectivity index (χ1v) is 11.4. The molecule has 35 heavy (non-hydrogen) atoms. The lowest BCUT2D eigenvalue weighted by molar-refractivity contribution is -0.139. The second-order valence-corrected chi connectivity index (χ2v) is 8.31. The minimum Gasteiger partial charge on any atom is -0.480 e. The molecule has 0 bridgehead atoms. The summed E-state index contributed by atoms with van der Waals surface area (Å²) >= 11 is 0.647. The number of aromatic nitrogens is 2. The third kappa shape index (κ3) is 12.0. The van der Waals surface area contributed by atoms with Crippen molar-refractivity contribution in [2.75, 3.05) is 18.8 Å². The van der Waals surface area contributed by atoms with E-state index in [0.29, 0.717) is 17.5 Å². The Hall–Kier alpha value is -3.50. The molecule has 1 heterocycles. The summed E-state index contributed by atoms with van der Waals surface area (Å²) in [6, 6.07) is -3.59. The Morgan fingerprint density at radius 2 is 1.71 bits per heavy atom. The van der Waals surface area contributed by atoms with Crippen molar-refractivity contribution < 1.29 is 39.0 Å². The van der Waals surface area contributed by atoms with E-state index < -0.39 is 59.4 Å². The van der Waals surface area contributed by atoms with E-state index in [2.05, 4.69) is 25.9 Å². The third-order valence-corrected chi connectivity index (χ3v) is 5.50. The van der Waals surface area contributed by atoms with Gasteiger partial charge in [-0.1, -0.05) is 11.8 Å². The van der Waals surface area contributed by atoms with Crippen molar-refractivity contribution >= 4 is 46.5 Å². The molecule has 15 nitrogen and oxygen atoms in total. The van der Waals surface area contributed by atoms with Gasteiger partial charge in [-0.15, -0.1) is 0 Å². The number of carboxylic acids is 2. The van der Waals surface area contributed by atoms with Crippen LogP contribution in [0.4, 0.5) is 0 Å². The number of hydrogen-bond donors (Lipinski definition) is 8. The zero-order valence-electron chi connectivity index (χ0n) is 18.7. The molecule has 194 valence electrons. The van der Waals surface area contributed by atoms with Crippen molar-refractivity contribution in [1.82, 2.24) is 25.9 Å². The molecule has 3 atom stereocenters. The average Bonchev–Trinajstić information content (AvgIpc) is 3.31. The number of aliphatic carboxylic acids is 2. The van der Waals surface area contributed by atoms with Gasteiger partial charge >= 0.3 is 11.9 Å². The van der Waals surface area contributed by atoms with Crippen LogP contribution in [-0.4, -0.2) is 91.9 Å². The highest BCUT2D eigenvalue weighted by atomic mass is 32.2. The molecular weight excluding hydrogens is 486 g/mol. The van der Waals surface area contributed by atoms with Crippen molar-refractivity contribution in [3.8, 4) is 0 Å². The maximum absolute atomic E-state index is 12.8. The summed E-state index contributed by atoms with van der Waals surface area (Å²) < 4.78 is 0. The van der Waals surface area contributed by atoms with E-state index in [4.69, 9.17) is 21.7 Å². The number of hydrogen-bond acceptors (Lipinski definition) is 10. The summed E-state index contributed by atoms with van der Waals surface area (Å²) in [5.41, 5.74) is 11.3. The molecule has 0 radical (unpaired) electrons. The summed E-state index contributed by atoms with van der Waals surface area (Å²) in [4.78, 5) is 77.7. The lowest BCUT2D eigenvalue weighted by Crippen LogP contribution is -2.50. The first-order chi connectivity index (χ1) is 16.5. The zero-order chi connectivity index (χ0) is 26.4.